The Bertz CT molecular complexity index is 674. The quantitative estimate of drug-likeness (QED) is 0.476. The fraction of sp³-hybridized carbons (Fsp3) is 0.458. The van der Waals surface area contributed by atoms with Crippen molar-refractivity contribution in [2.45, 2.75) is 57.8 Å². The highest BCUT2D eigenvalue weighted by Gasteiger charge is 2.29. The molecule has 0 unspecified atom stereocenters. The van der Waals surface area contributed by atoms with Gasteiger partial charge in [-0.15, -0.1) is 0 Å². The molecule has 5 heteroatoms. The molecule has 2 N–H and O–H groups in total. The topological polar surface area (TPSA) is 53.6 Å². The van der Waals surface area contributed by atoms with Gasteiger partial charge in [-0.05, 0) is 30.4 Å². The second-order valence-corrected chi connectivity index (χ2v) is 7.72. The first-order chi connectivity index (χ1) is 14.3. The molecule has 1 aliphatic heterocycles. The molecule has 0 bridgehead atoms. The van der Waals surface area contributed by atoms with Gasteiger partial charge in [-0.1, -0.05) is 74.0 Å². The number of hydrogen-bond donors (Lipinski definition) is 2. The summed E-state index contributed by atoms with van der Waals surface area (Å²) in [7, 11) is 0. The number of rotatable bonds is 10. The molecule has 2 atom stereocenters. The molecule has 1 heterocycles. The number of piperidine rings is 1. The van der Waals surface area contributed by atoms with Crippen LogP contribution in [0.2, 0.25) is 0 Å². The molecular weight excluding hydrogens is 362 g/mol. The minimum atomic E-state index is -0.142. The molecule has 2 aromatic rings. The Balaban J connectivity index is 1.58. The third-order valence-electron chi connectivity index (χ3n) is 5.31. The van der Waals surface area contributed by atoms with Crippen molar-refractivity contribution in [3.05, 3.63) is 71.8 Å². The van der Waals surface area contributed by atoms with Gasteiger partial charge in [0.2, 0.25) is 5.91 Å². The van der Waals surface area contributed by atoms with Crippen molar-refractivity contribution in [2.24, 2.45) is 0 Å². The minimum absolute atomic E-state index is 0.142. The zero-order valence-electron chi connectivity index (χ0n) is 17.3. The lowest BCUT2D eigenvalue weighted by Gasteiger charge is -2.33. The van der Waals surface area contributed by atoms with Gasteiger partial charge in [0.05, 0.1) is 12.6 Å². The molecule has 29 heavy (non-hydrogen) atoms. The molecular formula is C24H33N3O2. The maximum atomic E-state index is 13.3. The number of nitrogens with zero attached hydrogens (tertiary/aromatic N) is 1. The highest BCUT2D eigenvalue weighted by Crippen LogP contribution is 2.16. The average molecular weight is 396 g/mol. The van der Waals surface area contributed by atoms with Crippen LogP contribution in [0.15, 0.2) is 60.7 Å². The number of hydroxylamine groups is 1. The monoisotopic (exact) mass is 395 g/mol. The lowest BCUT2D eigenvalue weighted by Crippen LogP contribution is -2.54. The zero-order chi connectivity index (χ0) is 20.3. The smallest absolute Gasteiger partial charge is 0.240 e. The van der Waals surface area contributed by atoms with E-state index in [0.29, 0.717) is 13.1 Å². The van der Waals surface area contributed by atoms with Gasteiger partial charge in [-0.2, -0.15) is 5.48 Å². The van der Waals surface area contributed by atoms with E-state index in [1.165, 1.54) is 0 Å². The number of amides is 1. The maximum absolute atomic E-state index is 13.3. The van der Waals surface area contributed by atoms with Gasteiger partial charge in [-0.25, -0.2) is 0 Å². The Morgan fingerprint density at radius 3 is 2.17 bits per heavy atom. The van der Waals surface area contributed by atoms with Crippen molar-refractivity contribution < 1.29 is 9.63 Å². The van der Waals surface area contributed by atoms with E-state index in [1.54, 1.807) is 0 Å². The summed E-state index contributed by atoms with van der Waals surface area (Å²) >= 11 is 0. The largest absolute Gasteiger partial charge is 0.333 e. The Labute approximate surface area is 174 Å². The number of unbranched alkanes of at least 4 members (excludes halogenated alkanes) is 1. The van der Waals surface area contributed by atoms with Gasteiger partial charge in [-0.3, -0.25) is 4.79 Å². The van der Waals surface area contributed by atoms with Crippen LogP contribution in [-0.4, -0.2) is 36.0 Å². The number of benzene rings is 2. The fourth-order valence-corrected chi connectivity index (χ4v) is 3.60. The van der Waals surface area contributed by atoms with Crippen molar-refractivity contribution in [3.63, 3.8) is 0 Å². The highest BCUT2D eigenvalue weighted by atomic mass is 16.6. The van der Waals surface area contributed by atoms with E-state index >= 15 is 0 Å². The van der Waals surface area contributed by atoms with Crippen LogP contribution in [-0.2, 0) is 22.7 Å². The van der Waals surface area contributed by atoms with E-state index < -0.39 is 0 Å². The minimum Gasteiger partial charge on any atom is -0.333 e. The number of carbonyl (C=O) groups excluding carboxylic acids is 1. The standard InChI is InChI=1S/C24H33N3O2/c1-2-3-16-29-26-22-14-15-23(25-17-22)24(28)27(18-20-10-6-4-7-11-20)19-21-12-8-5-9-13-21/h4-13,22-23,25-26H,2-3,14-19H2,1H3/t22-,23+/m1/s1. The second kappa shape index (κ2) is 11.7. The summed E-state index contributed by atoms with van der Waals surface area (Å²) in [5.74, 6) is 0.169. The SMILES string of the molecule is CCCCON[C@@H]1CC[C@@H](C(=O)N(Cc2ccccc2)Cc2ccccc2)NC1. The molecule has 2 aromatic carbocycles. The van der Waals surface area contributed by atoms with Gasteiger partial charge in [0, 0.05) is 25.7 Å². The highest BCUT2D eigenvalue weighted by molar-refractivity contribution is 5.82. The van der Waals surface area contributed by atoms with Crippen LogP contribution in [0.3, 0.4) is 0 Å². The van der Waals surface area contributed by atoms with Gasteiger partial charge in [0.25, 0.3) is 0 Å². The van der Waals surface area contributed by atoms with Crippen molar-refractivity contribution in [3.8, 4) is 0 Å². The number of hydrogen-bond acceptors (Lipinski definition) is 4. The first kappa shape index (κ1) is 21.5. The molecule has 1 fully saturated rings. The molecule has 0 aliphatic carbocycles. The lowest BCUT2D eigenvalue weighted by atomic mass is 9.99. The fourth-order valence-electron chi connectivity index (χ4n) is 3.60. The summed E-state index contributed by atoms with van der Waals surface area (Å²) in [5.41, 5.74) is 5.44. The van der Waals surface area contributed by atoms with Crippen LogP contribution in [0.1, 0.15) is 43.7 Å². The first-order valence-electron chi connectivity index (χ1n) is 10.7. The van der Waals surface area contributed by atoms with Crippen molar-refractivity contribution >= 4 is 5.91 Å². The van der Waals surface area contributed by atoms with Crippen LogP contribution in [0, 0.1) is 0 Å². The maximum Gasteiger partial charge on any atom is 0.240 e. The Morgan fingerprint density at radius 2 is 1.66 bits per heavy atom. The van der Waals surface area contributed by atoms with Crippen molar-refractivity contribution in [1.29, 1.82) is 0 Å². The molecule has 1 amide bonds. The molecule has 156 valence electrons. The second-order valence-electron chi connectivity index (χ2n) is 7.72. The molecule has 1 saturated heterocycles. The summed E-state index contributed by atoms with van der Waals surface area (Å²) in [6.07, 6.45) is 3.93. The number of carbonyl (C=O) groups is 1. The summed E-state index contributed by atoms with van der Waals surface area (Å²) < 4.78 is 0. The van der Waals surface area contributed by atoms with Gasteiger partial charge in [0.15, 0.2) is 0 Å². The Hall–Kier alpha value is -2.21. The predicted molar refractivity (Wildman–Crippen MR) is 116 cm³/mol. The molecule has 3 rings (SSSR count). The summed E-state index contributed by atoms with van der Waals surface area (Å²) in [6, 6.07) is 20.5. The van der Waals surface area contributed by atoms with Crippen molar-refractivity contribution in [2.75, 3.05) is 13.2 Å². The predicted octanol–water partition coefficient (Wildman–Crippen LogP) is 3.66. The van der Waals surface area contributed by atoms with E-state index in [9.17, 15) is 4.79 Å². The van der Waals surface area contributed by atoms with Gasteiger partial charge < -0.3 is 15.1 Å². The van der Waals surface area contributed by atoms with Crippen LogP contribution in [0.25, 0.3) is 0 Å². The van der Waals surface area contributed by atoms with E-state index in [4.69, 9.17) is 4.84 Å². The Morgan fingerprint density at radius 1 is 1.03 bits per heavy atom. The van der Waals surface area contributed by atoms with E-state index in [1.807, 2.05) is 41.3 Å². The third kappa shape index (κ3) is 6.96. The average Bonchev–Trinajstić information content (AvgIpc) is 2.78. The molecule has 1 aliphatic rings. The van der Waals surface area contributed by atoms with Gasteiger partial charge >= 0.3 is 0 Å². The first-order valence-corrected chi connectivity index (χ1v) is 10.7. The molecule has 0 aromatic heterocycles. The molecule has 0 spiro atoms. The molecule has 0 radical (unpaired) electrons. The molecule has 0 saturated carbocycles. The summed E-state index contributed by atoms with van der Waals surface area (Å²) in [6.45, 7) is 4.87. The van der Waals surface area contributed by atoms with Crippen LogP contribution >= 0.6 is 0 Å². The van der Waals surface area contributed by atoms with Crippen LogP contribution < -0.4 is 10.8 Å². The van der Waals surface area contributed by atoms with Crippen LogP contribution in [0.4, 0.5) is 0 Å². The van der Waals surface area contributed by atoms with Gasteiger partial charge in [0.1, 0.15) is 0 Å². The third-order valence-corrected chi connectivity index (χ3v) is 5.31. The summed E-state index contributed by atoms with van der Waals surface area (Å²) in [5, 5.41) is 3.43. The van der Waals surface area contributed by atoms with Crippen LogP contribution in [0.5, 0.6) is 0 Å². The zero-order valence-corrected chi connectivity index (χ0v) is 17.3. The normalized spacial score (nSPS) is 19.1. The number of nitrogens with one attached hydrogen (secondary N) is 2. The van der Waals surface area contributed by atoms with E-state index in [2.05, 4.69) is 42.0 Å². The van der Waals surface area contributed by atoms with Crippen molar-refractivity contribution in [1.82, 2.24) is 15.7 Å². The van der Waals surface area contributed by atoms with E-state index in [0.717, 1.165) is 50.0 Å². The summed E-state index contributed by atoms with van der Waals surface area (Å²) in [4.78, 5) is 20.8. The lowest BCUT2D eigenvalue weighted by molar-refractivity contribution is -0.135. The van der Waals surface area contributed by atoms with E-state index in [-0.39, 0.29) is 18.0 Å². The molecule has 5 nitrogen and oxygen atoms in total. The Kier molecular flexibility index (Phi) is 8.68.